The zero-order valence-corrected chi connectivity index (χ0v) is 16.3. The third-order valence-corrected chi connectivity index (χ3v) is 5.67. The van der Waals surface area contributed by atoms with Gasteiger partial charge in [0.05, 0.1) is 17.2 Å². The van der Waals surface area contributed by atoms with Gasteiger partial charge in [-0.15, -0.1) is 11.3 Å². The lowest BCUT2D eigenvalue weighted by Gasteiger charge is -2.33. The minimum Gasteiger partial charge on any atom is -0.359 e. The molecule has 0 N–H and O–H groups in total. The molecule has 26 heavy (non-hydrogen) atoms. The maximum atomic E-state index is 5.94. The van der Waals surface area contributed by atoms with Crippen LogP contribution in [0.4, 0.5) is 0 Å². The summed E-state index contributed by atoms with van der Waals surface area (Å²) >= 11 is 7.66. The second kappa shape index (κ2) is 7.88. The fourth-order valence-electron chi connectivity index (χ4n) is 3.18. The average Bonchev–Trinajstić information content (AvgIpc) is 3.26. The number of thiazole rings is 1. The Morgan fingerprint density at radius 1 is 1.08 bits per heavy atom. The molecular weight excluding hydrogens is 368 g/mol. The number of rotatable bonds is 5. The Labute approximate surface area is 162 Å². The highest BCUT2D eigenvalue weighted by molar-refractivity contribution is 7.09. The zero-order chi connectivity index (χ0) is 17.9. The van der Waals surface area contributed by atoms with E-state index in [1.54, 1.807) is 11.3 Å². The quantitative estimate of drug-likeness (QED) is 0.659. The van der Waals surface area contributed by atoms with Crippen LogP contribution in [0.5, 0.6) is 0 Å². The molecule has 1 saturated heterocycles. The van der Waals surface area contributed by atoms with Gasteiger partial charge < -0.3 is 4.52 Å². The van der Waals surface area contributed by atoms with Gasteiger partial charge in [0.25, 0.3) is 0 Å². The Morgan fingerprint density at radius 2 is 1.77 bits per heavy atom. The van der Waals surface area contributed by atoms with Crippen molar-refractivity contribution in [3.05, 3.63) is 57.2 Å². The first-order valence-electron chi connectivity index (χ1n) is 8.73. The molecule has 0 saturated carbocycles. The number of hydrogen-bond donors (Lipinski definition) is 0. The molecule has 5 nitrogen and oxygen atoms in total. The van der Waals surface area contributed by atoms with E-state index >= 15 is 0 Å². The van der Waals surface area contributed by atoms with Gasteiger partial charge in [0.2, 0.25) is 0 Å². The topological polar surface area (TPSA) is 45.4 Å². The molecule has 3 aromatic rings. The molecule has 2 aromatic heterocycles. The Balaban J connectivity index is 1.30. The van der Waals surface area contributed by atoms with Crippen LogP contribution in [0, 0.1) is 6.92 Å². The first-order valence-corrected chi connectivity index (χ1v) is 9.99. The van der Waals surface area contributed by atoms with Gasteiger partial charge in [-0.1, -0.05) is 28.9 Å². The fraction of sp³-hybridized carbons (Fsp3) is 0.368. The predicted molar refractivity (Wildman–Crippen MR) is 104 cm³/mol. The third kappa shape index (κ3) is 4.32. The summed E-state index contributed by atoms with van der Waals surface area (Å²) in [6.45, 7) is 7.96. The van der Waals surface area contributed by atoms with E-state index in [-0.39, 0.29) is 0 Å². The highest BCUT2D eigenvalue weighted by Crippen LogP contribution is 2.22. The molecule has 136 valence electrons. The first-order chi connectivity index (χ1) is 12.7. The van der Waals surface area contributed by atoms with Gasteiger partial charge in [-0.25, -0.2) is 4.98 Å². The summed E-state index contributed by atoms with van der Waals surface area (Å²) in [4.78, 5) is 9.43. The fourth-order valence-corrected chi connectivity index (χ4v) is 3.91. The number of benzene rings is 1. The smallest absolute Gasteiger partial charge is 0.151 e. The first kappa shape index (κ1) is 17.7. The van der Waals surface area contributed by atoms with Gasteiger partial charge in [0.1, 0.15) is 5.69 Å². The molecule has 1 aliphatic rings. The van der Waals surface area contributed by atoms with E-state index in [1.165, 1.54) is 5.69 Å². The summed E-state index contributed by atoms with van der Waals surface area (Å²) in [6, 6.07) is 9.68. The predicted octanol–water partition coefficient (Wildman–Crippen LogP) is 4.08. The van der Waals surface area contributed by atoms with Crippen LogP contribution >= 0.6 is 22.9 Å². The van der Waals surface area contributed by atoms with Crippen molar-refractivity contribution < 1.29 is 4.52 Å². The van der Waals surface area contributed by atoms with Crippen molar-refractivity contribution in [1.82, 2.24) is 19.9 Å². The summed E-state index contributed by atoms with van der Waals surface area (Å²) in [5.74, 6) is 0.901. The molecule has 1 fully saturated rings. The summed E-state index contributed by atoms with van der Waals surface area (Å²) in [7, 11) is 0. The molecule has 4 rings (SSSR count). The molecule has 0 bridgehead atoms. The molecule has 0 aliphatic carbocycles. The normalized spacial score (nSPS) is 16.2. The summed E-state index contributed by atoms with van der Waals surface area (Å²) in [5.41, 5.74) is 3.06. The highest BCUT2D eigenvalue weighted by Gasteiger charge is 2.19. The van der Waals surface area contributed by atoms with Crippen molar-refractivity contribution in [3.63, 3.8) is 0 Å². The summed E-state index contributed by atoms with van der Waals surface area (Å²) in [5, 5.41) is 8.22. The van der Waals surface area contributed by atoms with Crippen molar-refractivity contribution in [1.29, 1.82) is 0 Å². The van der Waals surface area contributed by atoms with Crippen LogP contribution in [0.1, 0.15) is 16.5 Å². The Morgan fingerprint density at radius 3 is 2.42 bits per heavy atom. The monoisotopic (exact) mass is 388 g/mol. The second-order valence-electron chi connectivity index (χ2n) is 6.60. The molecule has 1 aliphatic heterocycles. The van der Waals surface area contributed by atoms with Crippen molar-refractivity contribution in [2.75, 3.05) is 26.2 Å². The van der Waals surface area contributed by atoms with Crippen molar-refractivity contribution in [2.24, 2.45) is 0 Å². The van der Waals surface area contributed by atoms with Gasteiger partial charge in [-0.2, -0.15) is 0 Å². The van der Waals surface area contributed by atoms with E-state index in [4.69, 9.17) is 16.1 Å². The van der Waals surface area contributed by atoms with Crippen molar-refractivity contribution in [2.45, 2.75) is 20.0 Å². The van der Waals surface area contributed by atoms with Gasteiger partial charge in [0.15, 0.2) is 5.76 Å². The molecule has 0 radical (unpaired) electrons. The van der Waals surface area contributed by atoms with Gasteiger partial charge in [0, 0.05) is 54.8 Å². The van der Waals surface area contributed by atoms with E-state index in [0.29, 0.717) is 0 Å². The number of halogens is 1. The Hall–Kier alpha value is -1.73. The maximum Gasteiger partial charge on any atom is 0.151 e. The third-order valence-electron chi connectivity index (χ3n) is 4.60. The van der Waals surface area contributed by atoms with E-state index in [2.05, 4.69) is 32.2 Å². The van der Waals surface area contributed by atoms with Gasteiger partial charge in [-0.3, -0.25) is 9.80 Å². The van der Waals surface area contributed by atoms with Crippen LogP contribution in [0.25, 0.3) is 11.3 Å². The van der Waals surface area contributed by atoms with E-state index in [1.807, 2.05) is 30.3 Å². The van der Waals surface area contributed by atoms with Crippen LogP contribution in [0.15, 0.2) is 40.2 Å². The van der Waals surface area contributed by atoms with E-state index < -0.39 is 0 Å². The minimum atomic E-state index is 0.725. The lowest BCUT2D eigenvalue weighted by atomic mass is 10.1. The molecular formula is C19H21ClN4OS. The van der Waals surface area contributed by atoms with Crippen LogP contribution < -0.4 is 0 Å². The standard InChI is InChI=1S/C19H21ClN4OS/c1-14-21-17(13-26-14)11-23-6-8-24(9-7-23)12-18-10-19(22-25-18)15-2-4-16(20)5-3-15/h2-5,10,13H,6-9,11-12H2,1H3. The number of hydrogen-bond acceptors (Lipinski definition) is 6. The lowest BCUT2D eigenvalue weighted by molar-refractivity contribution is 0.113. The number of piperazine rings is 1. The number of aryl methyl sites for hydroxylation is 1. The molecule has 7 heteroatoms. The molecule has 3 heterocycles. The molecule has 1 aromatic carbocycles. The number of nitrogens with zero attached hydrogens (tertiary/aromatic N) is 4. The molecule has 0 unspecified atom stereocenters. The zero-order valence-electron chi connectivity index (χ0n) is 14.7. The molecule has 0 spiro atoms. The largest absolute Gasteiger partial charge is 0.359 e. The minimum absolute atomic E-state index is 0.725. The average molecular weight is 389 g/mol. The second-order valence-corrected chi connectivity index (χ2v) is 8.09. The maximum absolute atomic E-state index is 5.94. The van der Waals surface area contributed by atoms with Gasteiger partial charge >= 0.3 is 0 Å². The summed E-state index contributed by atoms with van der Waals surface area (Å²) < 4.78 is 5.53. The van der Waals surface area contributed by atoms with Crippen LogP contribution in [-0.2, 0) is 13.1 Å². The van der Waals surface area contributed by atoms with E-state index in [9.17, 15) is 0 Å². The van der Waals surface area contributed by atoms with Crippen LogP contribution in [0.2, 0.25) is 5.02 Å². The Kier molecular flexibility index (Phi) is 5.36. The molecule has 0 atom stereocenters. The van der Waals surface area contributed by atoms with E-state index in [0.717, 1.165) is 66.3 Å². The van der Waals surface area contributed by atoms with Crippen molar-refractivity contribution >= 4 is 22.9 Å². The van der Waals surface area contributed by atoms with Crippen molar-refractivity contribution in [3.8, 4) is 11.3 Å². The Bertz CT molecular complexity index is 853. The lowest BCUT2D eigenvalue weighted by Crippen LogP contribution is -2.45. The summed E-state index contributed by atoms with van der Waals surface area (Å²) in [6.07, 6.45) is 0. The SMILES string of the molecule is Cc1nc(CN2CCN(Cc3cc(-c4ccc(Cl)cc4)no3)CC2)cs1. The molecule has 0 amide bonds. The van der Waals surface area contributed by atoms with Gasteiger partial charge in [-0.05, 0) is 19.1 Å². The van der Waals surface area contributed by atoms with Crippen LogP contribution in [0.3, 0.4) is 0 Å². The number of aromatic nitrogens is 2. The van der Waals surface area contributed by atoms with Crippen LogP contribution in [-0.4, -0.2) is 46.1 Å². The highest BCUT2D eigenvalue weighted by atomic mass is 35.5.